The number of hydrogen-bond acceptors (Lipinski definition) is 5. The second-order valence-electron chi connectivity index (χ2n) is 10.1. The maximum absolute atomic E-state index is 13.2. The molecule has 1 saturated carbocycles. The van der Waals surface area contributed by atoms with Crippen LogP contribution in [-0.4, -0.2) is 66.2 Å². The first-order chi connectivity index (χ1) is 17.8. The average Bonchev–Trinajstić information content (AvgIpc) is 3.16. The standard InChI is InChI=1S/C25H30F6N4O3/c26-24(27,28)11-2-12-34(16-7-5-15(6-8-16)32-14-25(29,30)31)19-4-1-3-17-18(19)13-35(23(17)38)20-9-10-21(36)33-22(20)37/h1,3-4,15-16,20,32H,2,5-14H2,(H,33,36,37). The lowest BCUT2D eigenvalue weighted by Gasteiger charge is -2.40. The van der Waals surface area contributed by atoms with E-state index < -0.39 is 43.2 Å². The Morgan fingerprint density at radius 1 is 0.974 bits per heavy atom. The van der Waals surface area contributed by atoms with Gasteiger partial charge in [-0.3, -0.25) is 19.7 Å². The molecule has 1 aromatic carbocycles. The van der Waals surface area contributed by atoms with Gasteiger partial charge in [-0.2, -0.15) is 26.3 Å². The van der Waals surface area contributed by atoms with Crippen LogP contribution < -0.4 is 15.5 Å². The molecule has 1 unspecified atom stereocenters. The summed E-state index contributed by atoms with van der Waals surface area (Å²) in [7, 11) is 0. The quantitative estimate of drug-likeness (QED) is 0.379. The van der Waals surface area contributed by atoms with Crippen LogP contribution in [0.25, 0.3) is 0 Å². The van der Waals surface area contributed by atoms with E-state index in [0.717, 1.165) is 0 Å². The number of hydrogen-bond donors (Lipinski definition) is 2. The summed E-state index contributed by atoms with van der Waals surface area (Å²) >= 11 is 0. The molecule has 1 aliphatic carbocycles. The first kappa shape index (κ1) is 28.2. The second kappa shape index (κ2) is 11.1. The Bertz CT molecular complexity index is 1050. The van der Waals surface area contributed by atoms with E-state index in [1.165, 1.54) is 4.90 Å². The summed E-state index contributed by atoms with van der Waals surface area (Å²) in [6, 6.07) is 3.62. The minimum atomic E-state index is -4.33. The number of amides is 3. The average molecular weight is 549 g/mol. The molecule has 2 fully saturated rings. The zero-order chi connectivity index (χ0) is 27.7. The lowest BCUT2D eigenvalue weighted by atomic mass is 9.89. The van der Waals surface area contributed by atoms with Crippen molar-refractivity contribution in [3.63, 3.8) is 0 Å². The maximum Gasteiger partial charge on any atom is 0.401 e. The minimum Gasteiger partial charge on any atom is -0.368 e. The van der Waals surface area contributed by atoms with E-state index in [9.17, 15) is 40.7 Å². The van der Waals surface area contributed by atoms with Crippen LogP contribution in [0, 0.1) is 0 Å². The third kappa shape index (κ3) is 6.78. The fraction of sp³-hybridized carbons (Fsp3) is 0.640. The van der Waals surface area contributed by atoms with Crippen LogP contribution in [0.1, 0.15) is 67.3 Å². The Hall–Kier alpha value is -2.83. The molecule has 0 radical (unpaired) electrons. The van der Waals surface area contributed by atoms with Gasteiger partial charge in [-0.05, 0) is 50.7 Å². The highest BCUT2D eigenvalue weighted by molar-refractivity contribution is 6.06. The minimum absolute atomic E-state index is 0.0634. The summed E-state index contributed by atoms with van der Waals surface area (Å²) in [6.45, 7) is -0.954. The van der Waals surface area contributed by atoms with Crippen molar-refractivity contribution < 1.29 is 40.7 Å². The van der Waals surface area contributed by atoms with Gasteiger partial charge < -0.3 is 15.1 Å². The van der Waals surface area contributed by atoms with Gasteiger partial charge in [0, 0.05) is 54.8 Å². The molecule has 13 heteroatoms. The monoisotopic (exact) mass is 548 g/mol. The smallest absolute Gasteiger partial charge is 0.368 e. The van der Waals surface area contributed by atoms with Gasteiger partial charge in [-0.15, -0.1) is 0 Å². The number of piperidine rings is 1. The van der Waals surface area contributed by atoms with Gasteiger partial charge in [0.1, 0.15) is 6.04 Å². The van der Waals surface area contributed by atoms with Crippen molar-refractivity contribution in [3.05, 3.63) is 29.3 Å². The predicted octanol–water partition coefficient (Wildman–Crippen LogP) is 4.06. The van der Waals surface area contributed by atoms with Gasteiger partial charge in [0.2, 0.25) is 11.8 Å². The topological polar surface area (TPSA) is 81.8 Å². The number of fused-ring (bicyclic) bond motifs is 1. The number of benzene rings is 1. The van der Waals surface area contributed by atoms with Crippen LogP contribution in [0.4, 0.5) is 32.0 Å². The van der Waals surface area contributed by atoms with Crippen molar-refractivity contribution in [1.82, 2.24) is 15.5 Å². The molecular formula is C25H30F6N4O3. The van der Waals surface area contributed by atoms with Crippen LogP contribution in [0.3, 0.4) is 0 Å². The normalized spacial score (nSPS) is 24.4. The van der Waals surface area contributed by atoms with Gasteiger partial charge in [0.25, 0.3) is 5.91 Å². The van der Waals surface area contributed by atoms with Gasteiger partial charge >= 0.3 is 12.4 Å². The van der Waals surface area contributed by atoms with E-state index in [2.05, 4.69) is 10.6 Å². The molecule has 4 rings (SSSR count). The summed E-state index contributed by atoms with van der Waals surface area (Å²) in [5, 5.41) is 4.76. The van der Waals surface area contributed by atoms with Crippen molar-refractivity contribution >= 4 is 23.4 Å². The maximum atomic E-state index is 13.2. The Morgan fingerprint density at radius 3 is 2.32 bits per heavy atom. The summed E-state index contributed by atoms with van der Waals surface area (Å²) < 4.78 is 76.6. The molecule has 1 saturated heterocycles. The number of imide groups is 1. The van der Waals surface area contributed by atoms with Crippen molar-refractivity contribution in [2.24, 2.45) is 0 Å². The fourth-order valence-corrected chi connectivity index (χ4v) is 5.64. The van der Waals surface area contributed by atoms with Crippen molar-refractivity contribution in [1.29, 1.82) is 0 Å². The molecule has 2 aliphatic heterocycles. The summed E-state index contributed by atoms with van der Waals surface area (Å²) in [5.41, 5.74) is 1.56. The summed E-state index contributed by atoms with van der Waals surface area (Å²) in [5.74, 6) is -1.35. The molecule has 7 nitrogen and oxygen atoms in total. The van der Waals surface area contributed by atoms with Crippen molar-refractivity contribution in [2.75, 3.05) is 18.0 Å². The lowest BCUT2D eigenvalue weighted by Crippen LogP contribution is -2.52. The lowest BCUT2D eigenvalue weighted by molar-refractivity contribution is -0.137. The molecule has 0 spiro atoms. The third-order valence-corrected chi connectivity index (χ3v) is 7.45. The Kier molecular flexibility index (Phi) is 8.24. The highest BCUT2D eigenvalue weighted by atomic mass is 19.4. The molecular weight excluding hydrogens is 518 g/mol. The molecule has 210 valence electrons. The van der Waals surface area contributed by atoms with E-state index in [1.807, 2.05) is 4.90 Å². The third-order valence-electron chi connectivity index (χ3n) is 7.45. The first-order valence-corrected chi connectivity index (χ1v) is 12.7. The highest BCUT2D eigenvalue weighted by Crippen LogP contribution is 2.37. The molecule has 1 atom stereocenters. The van der Waals surface area contributed by atoms with Gasteiger partial charge in [-0.25, -0.2) is 0 Å². The van der Waals surface area contributed by atoms with Crippen LogP contribution in [0.2, 0.25) is 0 Å². The first-order valence-electron chi connectivity index (χ1n) is 12.7. The highest BCUT2D eigenvalue weighted by Gasteiger charge is 2.41. The van der Waals surface area contributed by atoms with Crippen LogP contribution in [0.5, 0.6) is 0 Å². The Morgan fingerprint density at radius 2 is 1.68 bits per heavy atom. The SMILES string of the molecule is O=C1CCC(N2Cc3c(cccc3N(CCCC(F)(F)F)C3CCC(NCC(F)(F)F)CC3)C2=O)C(=O)N1. The summed E-state index contributed by atoms with van der Waals surface area (Å²) in [6.07, 6.45) is -7.70. The predicted molar refractivity (Wildman–Crippen MR) is 125 cm³/mol. The van der Waals surface area contributed by atoms with Gasteiger partial charge in [0.05, 0.1) is 6.54 Å². The number of carbonyl (C=O) groups excluding carboxylic acids is 3. The summed E-state index contributed by atoms with van der Waals surface area (Å²) in [4.78, 5) is 40.4. The van der Waals surface area contributed by atoms with E-state index in [4.69, 9.17) is 0 Å². The number of rotatable bonds is 8. The molecule has 3 aliphatic rings. The molecule has 3 amide bonds. The second-order valence-corrected chi connectivity index (χ2v) is 10.1. The van der Waals surface area contributed by atoms with Gasteiger partial charge in [0.15, 0.2) is 0 Å². The number of halogens is 6. The van der Waals surface area contributed by atoms with E-state index in [-0.39, 0.29) is 50.3 Å². The molecule has 0 aromatic heterocycles. The Labute approximate surface area is 215 Å². The zero-order valence-corrected chi connectivity index (χ0v) is 20.6. The van der Waals surface area contributed by atoms with Gasteiger partial charge in [-0.1, -0.05) is 6.07 Å². The largest absolute Gasteiger partial charge is 0.401 e. The molecule has 2 heterocycles. The van der Waals surface area contributed by atoms with Crippen molar-refractivity contribution in [2.45, 2.75) is 88.4 Å². The molecule has 38 heavy (non-hydrogen) atoms. The van der Waals surface area contributed by atoms with E-state index in [1.54, 1.807) is 18.2 Å². The number of nitrogens with one attached hydrogen (secondary N) is 2. The number of alkyl halides is 6. The van der Waals surface area contributed by atoms with E-state index in [0.29, 0.717) is 42.5 Å². The Balaban J connectivity index is 1.53. The molecule has 0 bridgehead atoms. The van der Waals surface area contributed by atoms with Crippen molar-refractivity contribution in [3.8, 4) is 0 Å². The number of nitrogens with zero attached hydrogens (tertiary/aromatic N) is 2. The van der Waals surface area contributed by atoms with Crippen LogP contribution >= 0.6 is 0 Å². The van der Waals surface area contributed by atoms with Crippen LogP contribution in [-0.2, 0) is 16.1 Å². The zero-order valence-electron chi connectivity index (χ0n) is 20.6. The molecule has 2 N–H and O–H groups in total. The number of carbonyl (C=O) groups is 3. The molecule has 1 aromatic rings. The van der Waals surface area contributed by atoms with Crippen LogP contribution in [0.15, 0.2) is 18.2 Å². The fourth-order valence-electron chi connectivity index (χ4n) is 5.64. The van der Waals surface area contributed by atoms with E-state index >= 15 is 0 Å². The number of anilines is 1.